The van der Waals surface area contributed by atoms with Crippen LogP contribution in [0.1, 0.15) is 26.2 Å². The third kappa shape index (κ3) is 3.55. The van der Waals surface area contributed by atoms with Crippen molar-refractivity contribution >= 4 is 17.5 Å². The van der Waals surface area contributed by atoms with Gasteiger partial charge in [-0.25, -0.2) is 0 Å². The molecule has 0 spiro atoms. The van der Waals surface area contributed by atoms with E-state index in [4.69, 9.17) is 4.74 Å². The van der Waals surface area contributed by atoms with Crippen LogP contribution in [0.2, 0.25) is 0 Å². The molecule has 2 unspecified atom stereocenters. The number of hydrogen-bond acceptors (Lipinski definition) is 4. The molecular formula is C19H27N3O3. The van der Waals surface area contributed by atoms with Crippen LogP contribution in [0.4, 0.5) is 5.69 Å². The van der Waals surface area contributed by atoms with Crippen LogP contribution in [0.25, 0.3) is 0 Å². The molecule has 2 fully saturated rings. The first-order chi connectivity index (χ1) is 12.1. The predicted octanol–water partition coefficient (Wildman–Crippen LogP) is 1.31. The molecular weight excluding hydrogens is 318 g/mol. The first kappa shape index (κ1) is 17.9. The number of hydrogen-bond donors (Lipinski definition) is 2. The van der Waals surface area contributed by atoms with Gasteiger partial charge in [0.05, 0.1) is 12.0 Å². The minimum atomic E-state index is -0.538. The van der Waals surface area contributed by atoms with Gasteiger partial charge in [-0.1, -0.05) is 18.2 Å². The third-order valence-corrected chi connectivity index (χ3v) is 5.36. The number of anilines is 1. The Morgan fingerprint density at radius 1 is 1.32 bits per heavy atom. The molecule has 2 heterocycles. The molecule has 0 bridgehead atoms. The molecule has 25 heavy (non-hydrogen) atoms. The van der Waals surface area contributed by atoms with Crippen molar-refractivity contribution in [3.63, 3.8) is 0 Å². The Hall–Kier alpha value is -1.92. The maximum absolute atomic E-state index is 13.0. The summed E-state index contributed by atoms with van der Waals surface area (Å²) in [5.41, 5.74) is 0.342. The first-order valence-corrected chi connectivity index (χ1v) is 8.96. The van der Waals surface area contributed by atoms with Gasteiger partial charge in [-0.3, -0.25) is 9.59 Å². The van der Waals surface area contributed by atoms with E-state index in [-0.39, 0.29) is 17.9 Å². The number of benzene rings is 1. The zero-order chi connectivity index (χ0) is 17.9. The van der Waals surface area contributed by atoms with E-state index in [0.29, 0.717) is 13.0 Å². The van der Waals surface area contributed by atoms with Crippen LogP contribution in [0.3, 0.4) is 0 Å². The molecule has 2 aliphatic rings. The SMILES string of the molecule is COCC1(C(=O)NC2CC(C)N(c3ccccc3)C2=O)CCNCC1. The standard InChI is InChI=1S/C19H27N3O3/c1-14-12-16(17(23)22(14)15-6-4-3-5-7-15)21-18(24)19(13-25-2)8-10-20-11-9-19/h3-7,14,16,20H,8-13H2,1-2H3,(H,21,24). The normalized spacial score (nSPS) is 25.8. The number of para-hydroxylation sites is 1. The number of ether oxygens (including phenoxy) is 1. The van der Waals surface area contributed by atoms with Crippen LogP contribution in [0.5, 0.6) is 0 Å². The minimum Gasteiger partial charge on any atom is -0.384 e. The maximum atomic E-state index is 13.0. The zero-order valence-electron chi connectivity index (χ0n) is 15.0. The maximum Gasteiger partial charge on any atom is 0.249 e. The van der Waals surface area contributed by atoms with Gasteiger partial charge in [0.15, 0.2) is 0 Å². The Bertz CT molecular complexity index is 608. The second kappa shape index (κ2) is 7.54. The minimum absolute atomic E-state index is 0.0337. The number of rotatable bonds is 5. The summed E-state index contributed by atoms with van der Waals surface area (Å²) in [4.78, 5) is 27.6. The van der Waals surface area contributed by atoms with Crippen molar-refractivity contribution in [2.45, 2.75) is 38.3 Å². The molecule has 2 atom stereocenters. The second-order valence-electron chi connectivity index (χ2n) is 7.12. The highest BCUT2D eigenvalue weighted by atomic mass is 16.5. The van der Waals surface area contributed by atoms with Gasteiger partial charge in [0.1, 0.15) is 6.04 Å². The fourth-order valence-corrected chi connectivity index (χ4v) is 3.95. The summed E-state index contributed by atoms with van der Waals surface area (Å²) in [6.07, 6.45) is 2.08. The summed E-state index contributed by atoms with van der Waals surface area (Å²) in [6, 6.07) is 9.22. The lowest BCUT2D eigenvalue weighted by Gasteiger charge is -2.36. The van der Waals surface area contributed by atoms with Gasteiger partial charge in [-0.05, 0) is 51.4 Å². The highest BCUT2D eigenvalue weighted by Gasteiger charge is 2.44. The van der Waals surface area contributed by atoms with Crippen LogP contribution in [0, 0.1) is 5.41 Å². The molecule has 2 N–H and O–H groups in total. The Kier molecular flexibility index (Phi) is 5.39. The van der Waals surface area contributed by atoms with Crippen LogP contribution in [-0.2, 0) is 14.3 Å². The van der Waals surface area contributed by atoms with Crippen LogP contribution < -0.4 is 15.5 Å². The van der Waals surface area contributed by atoms with E-state index >= 15 is 0 Å². The molecule has 0 radical (unpaired) electrons. The van der Waals surface area contributed by atoms with E-state index in [1.807, 2.05) is 37.3 Å². The van der Waals surface area contributed by atoms with Crippen molar-refractivity contribution in [3.8, 4) is 0 Å². The Morgan fingerprint density at radius 2 is 2.00 bits per heavy atom. The lowest BCUT2D eigenvalue weighted by atomic mass is 9.78. The molecule has 2 aliphatic heterocycles. The van der Waals surface area contributed by atoms with Gasteiger partial charge in [-0.2, -0.15) is 0 Å². The number of nitrogens with one attached hydrogen (secondary N) is 2. The van der Waals surface area contributed by atoms with Crippen molar-refractivity contribution < 1.29 is 14.3 Å². The second-order valence-corrected chi connectivity index (χ2v) is 7.12. The quantitative estimate of drug-likeness (QED) is 0.844. The van der Waals surface area contributed by atoms with Gasteiger partial charge in [0.2, 0.25) is 11.8 Å². The molecule has 1 aromatic carbocycles. The monoisotopic (exact) mass is 345 g/mol. The number of methoxy groups -OCH3 is 1. The number of nitrogens with zero attached hydrogens (tertiary/aromatic N) is 1. The molecule has 6 heteroatoms. The molecule has 2 amide bonds. The van der Waals surface area contributed by atoms with Gasteiger partial charge in [0, 0.05) is 18.8 Å². The Morgan fingerprint density at radius 3 is 2.64 bits per heavy atom. The zero-order valence-corrected chi connectivity index (χ0v) is 15.0. The average Bonchev–Trinajstić information content (AvgIpc) is 2.90. The van der Waals surface area contributed by atoms with Crippen molar-refractivity contribution in [2.75, 3.05) is 31.7 Å². The van der Waals surface area contributed by atoms with E-state index in [2.05, 4.69) is 10.6 Å². The summed E-state index contributed by atoms with van der Waals surface area (Å²) in [7, 11) is 1.62. The highest BCUT2D eigenvalue weighted by molar-refractivity contribution is 6.02. The Balaban J connectivity index is 1.72. The molecule has 3 rings (SSSR count). The van der Waals surface area contributed by atoms with Crippen molar-refractivity contribution in [1.82, 2.24) is 10.6 Å². The van der Waals surface area contributed by atoms with Gasteiger partial charge in [0.25, 0.3) is 0 Å². The fourth-order valence-electron chi connectivity index (χ4n) is 3.95. The summed E-state index contributed by atoms with van der Waals surface area (Å²) < 4.78 is 5.32. The van der Waals surface area contributed by atoms with Gasteiger partial charge >= 0.3 is 0 Å². The van der Waals surface area contributed by atoms with Crippen molar-refractivity contribution in [2.24, 2.45) is 5.41 Å². The molecule has 136 valence electrons. The third-order valence-electron chi connectivity index (χ3n) is 5.36. The summed E-state index contributed by atoms with van der Waals surface area (Å²) in [5.74, 6) is -0.0927. The first-order valence-electron chi connectivity index (χ1n) is 8.96. The van der Waals surface area contributed by atoms with Crippen LogP contribution >= 0.6 is 0 Å². The van der Waals surface area contributed by atoms with Gasteiger partial charge in [-0.15, -0.1) is 0 Å². The molecule has 0 aliphatic carbocycles. The lowest BCUT2D eigenvalue weighted by Crippen LogP contribution is -2.53. The van der Waals surface area contributed by atoms with Crippen molar-refractivity contribution in [1.29, 1.82) is 0 Å². The number of carbonyl (C=O) groups excluding carboxylic acids is 2. The van der Waals surface area contributed by atoms with Crippen LogP contribution in [0.15, 0.2) is 30.3 Å². The van der Waals surface area contributed by atoms with E-state index in [1.54, 1.807) is 12.0 Å². The summed E-state index contributed by atoms with van der Waals surface area (Å²) >= 11 is 0. The molecule has 0 aromatic heterocycles. The molecule has 1 aromatic rings. The smallest absolute Gasteiger partial charge is 0.249 e. The van der Waals surface area contributed by atoms with E-state index in [0.717, 1.165) is 31.6 Å². The highest BCUT2D eigenvalue weighted by Crippen LogP contribution is 2.31. The summed E-state index contributed by atoms with van der Waals surface area (Å²) in [5, 5.41) is 6.30. The largest absolute Gasteiger partial charge is 0.384 e. The van der Waals surface area contributed by atoms with Crippen molar-refractivity contribution in [3.05, 3.63) is 30.3 Å². The molecule has 0 saturated carbocycles. The van der Waals surface area contributed by atoms with E-state index in [1.165, 1.54) is 0 Å². The van der Waals surface area contributed by atoms with E-state index < -0.39 is 11.5 Å². The number of piperidine rings is 1. The van der Waals surface area contributed by atoms with Gasteiger partial charge < -0.3 is 20.3 Å². The molecule has 2 saturated heterocycles. The van der Waals surface area contributed by atoms with Crippen LogP contribution in [-0.4, -0.2) is 50.7 Å². The predicted molar refractivity (Wildman–Crippen MR) is 96.4 cm³/mol. The lowest BCUT2D eigenvalue weighted by molar-refractivity contribution is -0.138. The van der Waals surface area contributed by atoms with E-state index in [9.17, 15) is 9.59 Å². The number of carbonyl (C=O) groups is 2. The fraction of sp³-hybridized carbons (Fsp3) is 0.579. The topological polar surface area (TPSA) is 70.7 Å². The average molecular weight is 345 g/mol. The molecule has 6 nitrogen and oxygen atoms in total. The number of amides is 2. The Labute approximate surface area is 148 Å². The summed E-state index contributed by atoms with van der Waals surface area (Å²) in [6.45, 7) is 4.00.